The smallest absolute Gasteiger partial charge is 0.508 e. The second-order valence-electron chi connectivity index (χ2n) is 32.0. The molecule has 131 heavy (non-hydrogen) atoms. The zero-order valence-corrected chi connectivity index (χ0v) is 74.7. The highest BCUT2D eigenvalue weighted by molar-refractivity contribution is 7.47. The fraction of sp³-hybridized carbons (Fsp3) is 0.355. The van der Waals surface area contributed by atoms with Crippen LogP contribution in [0.1, 0.15) is 149 Å². The third-order valence-corrected chi connectivity index (χ3v) is 23.3. The van der Waals surface area contributed by atoms with Gasteiger partial charge in [0, 0.05) is 148 Å². The Labute approximate surface area is 753 Å². The molecule has 14 N–H and O–H groups in total. The van der Waals surface area contributed by atoms with Crippen LogP contribution in [0.2, 0.25) is 0 Å². The summed E-state index contributed by atoms with van der Waals surface area (Å²) < 4.78 is 56.0. The van der Waals surface area contributed by atoms with E-state index in [9.17, 15) is 77.9 Å². The number of phenolic OH excluding ortho intramolecular Hbond substituents is 4. The molecule has 0 saturated carbocycles. The molecular formula is C93H107N15O21P2. The number of benzene rings is 6. The van der Waals surface area contributed by atoms with Crippen LogP contribution in [0.3, 0.4) is 0 Å². The third-order valence-electron chi connectivity index (χ3n) is 22.4. The van der Waals surface area contributed by atoms with Gasteiger partial charge in [0.25, 0.3) is 35.4 Å². The number of aromatic hydroxyl groups is 4. The Morgan fingerprint density at radius 3 is 1.07 bits per heavy atom. The van der Waals surface area contributed by atoms with Crippen LogP contribution in [0, 0.1) is 0 Å². The molecule has 0 bridgehead atoms. The van der Waals surface area contributed by atoms with Crippen molar-refractivity contribution in [3.8, 4) is 34.5 Å². The molecule has 690 valence electrons. The highest BCUT2D eigenvalue weighted by Crippen LogP contribution is 2.46. The molecule has 0 atom stereocenters. The van der Waals surface area contributed by atoms with E-state index in [1.165, 1.54) is 75.4 Å². The number of aryl methyl sites for hydroxylation is 6. The van der Waals surface area contributed by atoms with Crippen LogP contribution in [-0.4, -0.2) is 193 Å². The number of nitrogen functional groups attached to an aromatic ring is 3. The van der Waals surface area contributed by atoms with E-state index in [0.717, 1.165) is 156 Å². The molecule has 6 amide bonds. The van der Waals surface area contributed by atoms with Gasteiger partial charge >= 0.3 is 15.6 Å². The van der Waals surface area contributed by atoms with Gasteiger partial charge in [-0.05, 0) is 160 Å². The van der Waals surface area contributed by atoms with Crippen molar-refractivity contribution in [2.24, 2.45) is 0 Å². The number of phosphoric ester groups is 2. The van der Waals surface area contributed by atoms with Crippen molar-refractivity contribution < 1.29 is 101 Å². The molecule has 15 rings (SSSR count). The maximum Gasteiger partial charge on any atom is 0.524 e. The number of aromatic nitrogens is 9. The predicted octanol–water partition coefficient (Wildman–Crippen LogP) is 12.2. The first-order valence-corrected chi connectivity index (χ1v) is 46.7. The number of carbonyl (C=O) groups excluding carboxylic acids is 6. The fourth-order valence-electron chi connectivity index (χ4n) is 16.0. The number of rotatable bonds is 43. The van der Waals surface area contributed by atoms with Gasteiger partial charge in [0.15, 0.2) is 40.5 Å². The second kappa shape index (κ2) is 43.6. The summed E-state index contributed by atoms with van der Waals surface area (Å²) >= 11 is 0. The van der Waals surface area contributed by atoms with Crippen molar-refractivity contribution in [3.63, 3.8) is 0 Å². The van der Waals surface area contributed by atoms with Gasteiger partial charge in [0.05, 0.1) is 52.7 Å². The standard InChI is InChI=1S/2C31H36N5O8P.C31H35N5O5/c1-2-3-10-25-34-28-29(36(25)19-21-8-4-9-24(30(21)39)44-45(40,41)42)22-18-20(11-12-23(22)33-31(28)32)7-5-16-43-17-6-15-35-26(37)13-14-27(35)38;1-2-3-10-25-34-28-29(36(25)19-21-8-4-9-24(37)30(21)44-45(40,41)42)22-18-20(11-12-23(22)33-31(28)32)7-5-16-43-17-6-15-35-26(38)13-14-27(35)39;1-2-3-7-26-34-29-30(36(26)19-21-18-22(37)9-11-25(21)38)23-17-20(8-10-24(23)33-31(29)32)6-4-15-41-16-5-14-35-27(39)12-13-28(35)40/h4,8-9,11-14,18,39H,2-3,5-7,10,15-17,19H2,1H3,(H2,32,33)(H2,40,41,42);4,8-9,11-14,18,37H,2-3,5-7,10,15-17,19H2,1H3,(H2,32,33)(H2,40,41,42);8-13,17-18,37-38H,2-7,14-16,19H2,1H3,(H2,32,33). The molecule has 0 saturated heterocycles. The van der Waals surface area contributed by atoms with Crippen LogP contribution >= 0.6 is 15.6 Å². The SMILES string of the molecule is CCCCc1nc2c(N)nc3ccc(CCCOCCCN4C(=O)C=CC4=O)cc3c2n1Cc1cc(O)ccc1O.CCCCc1nc2c(N)nc3ccc(CCCOCCCN4C(=O)C=CC4=O)cc3c2n1Cc1cccc(O)c1OP(=O)(O)O.CCCCc1nc2c(N)nc3ccc(CCCOCCCN4C(=O)C=CC4=O)cc3c2n1Cc1cccc(OP(=O)(O)O)c1O. The van der Waals surface area contributed by atoms with Gasteiger partial charge in [-0.1, -0.05) is 82.5 Å². The Balaban J connectivity index is 0.000000167. The number of carbonyl (C=O) groups is 6. The lowest BCUT2D eigenvalue weighted by molar-refractivity contribution is -0.138. The largest absolute Gasteiger partial charge is 0.524 e. The number of imide groups is 3. The van der Waals surface area contributed by atoms with Gasteiger partial charge in [-0.2, -0.15) is 0 Å². The molecular weight excluding hydrogens is 1730 g/mol. The quantitative estimate of drug-likeness (QED) is 0.00732. The highest BCUT2D eigenvalue weighted by Gasteiger charge is 2.30. The number of nitrogens with two attached hydrogens (primary N) is 3. The van der Waals surface area contributed by atoms with Gasteiger partial charge in [-0.3, -0.25) is 63.0 Å². The number of nitrogens with zero attached hydrogens (tertiary/aromatic N) is 12. The number of hydrogen-bond donors (Lipinski definition) is 11. The van der Waals surface area contributed by atoms with Gasteiger partial charge in [-0.25, -0.2) is 39.0 Å². The first kappa shape index (κ1) is 95.6. The minimum atomic E-state index is -4.95. The van der Waals surface area contributed by atoms with Crippen molar-refractivity contribution >= 4 is 134 Å². The van der Waals surface area contributed by atoms with Crippen molar-refractivity contribution in [1.29, 1.82) is 0 Å². The van der Waals surface area contributed by atoms with Crippen molar-refractivity contribution in [2.45, 2.75) is 156 Å². The van der Waals surface area contributed by atoms with E-state index in [-0.39, 0.29) is 94.7 Å². The number of fused-ring (bicyclic) bond motifs is 9. The average Bonchev–Trinajstić information content (AvgIpc) is 1.62. The Morgan fingerprint density at radius 1 is 0.359 bits per heavy atom. The Hall–Kier alpha value is -13.0. The molecule has 0 aliphatic carbocycles. The number of anilines is 3. The molecule has 0 spiro atoms. The van der Waals surface area contributed by atoms with Crippen LogP contribution in [0.15, 0.2) is 146 Å². The topological polar surface area (TPSA) is 524 Å². The monoisotopic (exact) mass is 1830 g/mol. The summed E-state index contributed by atoms with van der Waals surface area (Å²) in [4.78, 5) is 139. The first-order valence-electron chi connectivity index (χ1n) is 43.6. The number of imidazole rings is 3. The van der Waals surface area contributed by atoms with E-state index in [1.54, 1.807) is 30.3 Å². The Kier molecular flexibility index (Phi) is 31.8. The summed E-state index contributed by atoms with van der Waals surface area (Å²) in [6.45, 7) is 10.8. The summed E-state index contributed by atoms with van der Waals surface area (Å²) in [5.41, 5.74) is 29.9. The van der Waals surface area contributed by atoms with Crippen LogP contribution < -0.4 is 26.2 Å². The summed E-state index contributed by atoms with van der Waals surface area (Å²) in [6, 6.07) is 31.6. The lowest BCUT2D eigenvalue weighted by atomic mass is 10.1. The first-order chi connectivity index (χ1) is 63.0. The minimum absolute atomic E-state index is 0.0860. The zero-order chi connectivity index (χ0) is 93.2. The van der Waals surface area contributed by atoms with Crippen LogP contribution in [0.25, 0.3) is 65.8 Å². The highest BCUT2D eigenvalue weighted by atomic mass is 31.2. The summed E-state index contributed by atoms with van der Waals surface area (Å²) in [5, 5.41) is 44.4. The number of ether oxygens (including phenoxy) is 3. The van der Waals surface area contributed by atoms with Crippen molar-refractivity contribution in [2.75, 3.05) is 76.5 Å². The lowest BCUT2D eigenvalue weighted by Crippen LogP contribution is -2.31. The average molecular weight is 1830 g/mol. The zero-order valence-electron chi connectivity index (χ0n) is 72.9. The summed E-state index contributed by atoms with van der Waals surface area (Å²) in [5.74, 6) is 0.363. The van der Waals surface area contributed by atoms with Crippen LogP contribution in [0.5, 0.6) is 34.5 Å². The normalized spacial score (nSPS) is 13.5. The number of hydrogen-bond acceptors (Lipinski definition) is 26. The van der Waals surface area contributed by atoms with Crippen LogP contribution in [-0.2, 0) is 110 Å². The minimum Gasteiger partial charge on any atom is -0.508 e. The number of unbranched alkanes of at least 4 members (excludes halogenated alkanes) is 3. The Bertz CT molecular complexity index is 6420. The number of amides is 6. The van der Waals surface area contributed by atoms with E-state index >= 15 is 0 Å². The maximum absolute atomic E-state index is 11.7. The predicted molar refractivity (Wildman–Crippen MR) is 492 cm³/mol. The van der Waals surface area contributed by atoms with Crippen molar-refractivity contribution in [1.82, 2.24) is 58.3 Å². The third kappa shape index (κ3) is 24.0. The van der Waals surface area contributed by atoms with Gasteiger partial charge in [0.2, 0.25) is 0 Å². The van der Waals surface area contributed by atoms with Gasteiger partial charge < -0.3 is 74.6 Å². The number of para-hydroxylation sites is 2. The summed E-state index contributed by atoms with van der Waals surface area (Å²) in [6.07, 6.45) is 21.5. The van der Waals surface area contributed by atoms with E-state index in [4.69, 9.17) is 55.4 Å². The molecule has 0 fully saturated rings. The molecule has 3 aliphatic heterocycles. The molecule has 38 heteroatoms. The van der Waals surface area contributed by atoms with Crippen LogP contribution in [0.4, 0.5) is 17.5 Å². The molecule has 3 aliphatic rings. The second-order valence-corrected chi connectivity index (χ2v) is 34.3. The van der Waals surface area contributed by atoms with Gasteiger partial charge in [-0.15, -0.1) is 0 Å². The molecule has 6 aromatic carbocycles. The van der Waals surface area contributed by atoms with E-state index < -0.39 is 15.6 Å². The molecule has 6 aromatic heterocycles. The fourth-order valence-corrected chi connectivity index (χ4v) is 16.8. The van der Waals surface area contributed by atoms with E-state index in [0.29, 0.717) is 148 Å². The Morgan fingerprint density at radius 2 is 0.702 bits per heavy atom. The molecule has 0 radical (unpaired) electrons. The summed E-state index contributed by atoms with van der Waals surface area (Å²) in [7, 11) is -9.83. The number of pyridine rings is 3. The van der Waals surface area contributed by atoms with Gasteiger partial charge in [0.1, 0.15) is 45.5 Å². The molecule has 9 heterocycles. The number of phosphoric acid groups is 2. The molecule has 12 aromatic rings. The van der Waals surface area contributed by atoms with E-state index in [1.807, 2.05) is 51.6 Å². The number of phenols is 4. The molecule has 36 nitrogen and oxygen atoms in total. The maximum atomic E-state index is 11.7. The lowest BCUT2D eigenvalue weighted by Gasteiger charge is -2.16. The molecule has 0 unspecified atom stereocenters. The van der Waals surface area contributed by atoms with Crippen molar-refractivity contribution in [3.05, 3.63) is 197 Å². The van der Waals surface area contributed by atoms with E-state index in [2.05, 4.69) is 52.4 Å².